The van der Waals surface area contributed by atoms with Crippen LogP contribution in [0.2, 0.25) is 0 Å². The van der Waals surface area contributed by atoms with Crippen molar-refractivity contribution in [3.8, 4) is 0 Å². The summed E-state index contributed by atoms with van der Waals surface area (Å²) in [6, 6.07) is 13.9. The Morgan fingerprint density at radius 1 is 1.14 bits per heavy atom. The largest absolute Gasteiger partial charge is 0.377 e. The summed E-state index contributed by atoms with van der Waals surface area (Å²) < 4.78 is 18.5. The number of carbonyl (C=O) groups excluding carboxylic acids is 1. The smallest absolute Gasteiger partial charge is 0.224 e. The van der Waals surface area contributed by atoms with Crippen molar-refractivity contribution in [1.29, 1.82) is 0 Å². The van der Waals surface area contributed by atoms with Crippen molar-refractivity contribution in [2.45, 2.75) is 26.5 Å². The third-order valence-electron chi connectivity index (χ3n) is 3.31. The Morgan fingerprint density at radius 2 is 1.91 bits per heavy atom. The van der Waals surface area contributed by atoms with Crippen molar-refractivity contribution in [3.05, 3.63) is 71.0 Å². The molecule has 0 fully saturated rings. The first kappa shape index (κ1) is 16.2. The van der Waals surface area contributed by atoms with Crippen molar-refractivity contribution in [1.82, 2.24) is 5.32 Å². The summed E-state index contributed by atoms with van der Waals surface area (Å²) in [5.74, 6) is -0.454. The highest BCUT2D eigenvalue weighted by Gasteiger charge is 2.06. The number of carbonyl (C=O) groups is 1. The minimum absolute atomic E-state index is 0.128. The molecule has 2 rings (SSSR count). The lowest BCUT2D eigenvalue weighted by Gasteiger charge is -2.11. The fourth-order valence-corrected chi connectivity index (χ4v) is 2.17. The molecule has 0 aliphatic heterocycles. The molecular weight excluding hydrogens is 281 g/mol. The second-order valence-electron chi connectivity index (χ2n) is 4.99. The molecule has 0 heterocycles. The van der Waals surface area contributed by atoms with Gasteiger partial charge < -0.3 is 10.1 Å². The number of ether oxygens (including phenoxy) is 1. The molecule has 3 nitrogen and oxygen atoms in total. The lowest BCUT2D eigenvalue weighted by atomic mass is 10.1. The number of hydrogen-bond acceptors (Lipinski definition) is 2. The van der Waals surface area contributed by atoms with Gasteiger partial charge in [0.25, 0.3) is 0 Å². The molecule has 1 N–H and O–H groups in total. The van der Waals surface area contributed by atoms with Crippen LogP contribution in [0.1, 0.15) is 23.6 Å². The van der Waals surface area contributed by atoms with Crippen LogP contribution in [0.4, 0.5) is 4.39 Å². The summed E-state index contributed by atoms with van der Waals surface area (Å²) in [5, 5.41) is 2.87. The summed E-state index contributed by atoms with van der Waals surface area (Å²) in [7, 11) is 0. The van der Waals surface area contributed by atoms with E-state index in [0.29, 0.717) is 25.3 Å². The quantitative estimate of drug-likeness (QED) is 0.852. The Kier molecular flexibility index (Phi) is 6.10. The standard InChI is InChI=1S/C18H20FNO2/c1-2-22-13-16-8-4-3-7-15(16)12-20-18(21)11-14-6-5-9-17(19)10-14/h3-10H,2,11-13H2,1H3,(H,20,21). The molecule has 0 aromatic heterocycles. The topological polar surface area (TPSA) is 38.3 Å². The fourth-order valence-electron chi connectivity index (χ4n) is 2.17. The highest BCUT2D eigenvalue weighted by atomic mass is 19.1. The van der Waals surface area contributed by atoms with E-state index < -0.39 is 0 Å². The third kappa shape index (κ3) is 4.97. The predicted octanol–water partition coefficient (Wildman–Crippen LogP) is 3.22. The van der Waals surface area contributed by atoms with Gasteiger partial charge in [-0.3, -0.25) is 4.79 Å². The number of amides is 1. The Balaban J connectivity index is 1.91. The molecule has 0 spiro atoms. The van der Waals surface area contributed by atoms with Gasteiger partial charge in [0.1, 0.15) is 5.82 Å². The molecule has 2 aromatic carbocycles. The van der Waals surface area contributed by atoms with E-state index in [-0.39, 0.29) is 18.1 Å². The van der Waals surface area contributed by atoms with Crippen molar-refractivity contribution in [3.63, 3.8) is 0 Å². The number of nitrogens with one attached hydrogen (secondary N) is 1. The molecule has 2 aromatic rings. The maximum atomic E-state index is 13.1. The minimum atomic E-state index is -0.327. The van der Waals surface area contributed by atoms with Gasteiger partial charge in [-0.15, -0.1) is 0 Å². The summed E-state index contributed by atoms with van der Waals surface area (Å²) in [5.41, 5.74) is 2.76. The SMILES string of the molecule is CCOCc1ccccc1CNC(=O)Cc1cccc(F)c1. The fraction of sp³-hybridized carbons (Fsp3) is 0.278. The van der Waals surface area contributed by atoms with E-state index in [1.807, 2.05) is 31.2 Å². The van der Waals surface area contributed by atoms with Crippen LogP contribution in [0.3, 0.4) is 0 Å². The van der Waals surface area contributed by atoms with E-state index in [9.17, 15) is 9.18 Å². The molecule has 0 aliphatic carbocycles. The molecule has 22 heavy (non-hydrogen) atoms. The molecule has 0 atom stereocenters. The molecule has 0 saturated carbocycles. The van der Waals surface area contributed by atoms with Gasteiger partial charge >= 0.3 is 0 Å². The number of rotatable bonds is 7. The summed E-state index contributed by atoms with van der Waals surface area (Å²) in [4.78, 5) is 12.0. The van der Waals surface area contributed by atoms with Gasteiger partial charge in [-0.25, -0.2) is 4.39 Å². The van der Waals surface area contributed by atoms with Gasteiger partial charge in [-0.2, -0.15) is 0 Å². The van der Waals surface area contributed by atoms with Crippen LogP contribution in [-0.2, 0) is 29.1 Å². The summed E-state index contributed by atoms with van der Waals surface area (Å²) in [6.45, 7) is 3.58. The maximum absolute atomic E-state index is 13.1. The van der Waals surface area contributed by atoms with Gasteiger partial charge in [0.15, 0.2) is 0 Å². The van der Waals surface area contributed by atoms with Crippen LogP contribution in [0.25, 0.3) is 0 Å². The van der Waals surface area contributed by atoms with Crippen molar-refractivity contribution in [2.24, 2.45) is 0 Å². The molecule has 0 unspecified atom stereocenters. The maximum Gasteiger partial charge on any atom is 0.224 e. The Bertz CT molecular complexity index is 628. The lowest BCUT2D eigenvalue weighted by Crippen LogP contribution is -2.25. The van der Waals surface area contributed by atoms with E-state index in [1.54, 1.807) is 12.1 Å². The predicted molar refractivity (Wildman–Crippen MR) is 83.7 cm³/mol. The second kappa shape index (κ2) is 8.29. The molecule has 116 valence electrons. The van der Waals surface area contributed by atoms with Crippen molar-refractivity contribution in [2.75, 3.05) is 6.61 Å². The molecule has 0 radical (unpaired) electrons. The zero-order chi connectivity index (χ0) is 15.8. The number of halogens is 1. The van der Waals surface area contributed by atoms with Crippen LogP contribution < -0.4 is 5.32 Å². The second-order valence-corrected chi connectivity index (χ2v) is 4.99. The number of hydrogen-bond donors (Lipinski definition) is 1. The average molecular weight is 301 g/mol. The van der Waals surface area contributed by atoms with E-state index in [0.717, 1.165) is 11.1 Å². The zero-order valence-corrected chi connectivity index (χ0v) is 12.6. The average Bonchev–Trinajstić information content (AvgIpc) is 2.51. The molecule has 0 saturated heterocycles. The third-order valence-corrected chi connectivity index (χ3v) is 3.31. The number of benzene rings is 2. The molecule has 0 aliphatic rings. The highest BCUT2D eigenvalue weighted by molar-refractivity contribution is 5.78. The van der Waals surface area contributed by atoms with E-state index in [4.69, 9.17) is 4.74 Å². The summed E-state index contributed by atoms with van der Waals surface area (Å²) in [6.07, 6.45) is 0.172. The summed E-state index contributed by atoms with van der Waals surface area (Å²) >= 11 is 0. The van der Waals surface area contributed by atoms with Gasteiger partial charge in [0, 0.05) is 13.2 Å². The first-order chi connectivity index (χ1) is 10.7. The van der Waals surface area contributed by atoms with Crippen LogP contribution in [-0.4, -0.2) is 12.5 Å². The van der Waals surface area contributed by atoms with Crippen LogP contribution in [0.5, 0.6) is 0 Å². The monoisotopic (exact) mass is 301 g/mol. The van der Waals surface area contributed by atoms with Gasteiger partial charge in [-0.1, -0.05) is 36.4 Å². The Morgan fingerprint density at radius 3 is 2.64 bits per heavy atom. The lowest BCUT2D eigenvalue weighted by molar-refractivity contribution is -0.120. The van der Waals surface area contributed by atoms with Gasteiger partial charge in [0.2, 0.25) is 5.91 Å². The van der Waals surface area contributed by atoms with E-state index >= 15 is 0 Å². The van der Waals surface area contributed by atoms with Crippen molar-refractivity contribution >= 4 is 5.91 Å². The van der Waals surface area contributed by atoms with Crippen LogP contribution in [0, 0.1) is 5.82 Å². The van der Waals surface area contributed by atoms with E-state index in [1.165, 1.54) is 12.1 Å². The van der Waals surface area contributed by atoms with E-state index in [2.05, 4.69) is 5.32 Å². The normalized spacial score (nSPS) is 10.5. The molecule has 4 heteroatoms. The molecular formula is C18H20FNO2. The molecule has 1 amide bonds. The first-order valence-corrected chi connectivity index (χ1v) is 7.34. The van der Waals surface area contributed by atoms with Gasteiger partial charge in [0.05, 0.1) is 13.0 Å². The zero-order valence-electron chi connectivity index (χ0n) is 12.6. The molecule has 0 bridgehead atoms. The Hall–Kier alpha value is -2.20. The Labute approximate surface area is 130 Å². The minimum Gasteiger partial charge on any atom is -0.377 e. The van der Waals surface area contributed by atoms with Crippen molar-refractivity contribution < 1.29 is 13.9 Å². The highest BCUT2D eigenvalue weighted by Crippen LogP contribution is 2.10. The first-order valence-electron chi connectivity index (χ1n) is 7.34. The van der Waals surface area contributed by atoms with Crippen LogP contribution >= 0.6 is 0 Å². The van der Waals surface area contributed by atoms with Gasteiger partial charge in [-0.05, 0) is 35.7 Å². The van der Waals surface area contributed by atoms with Crippen LogP contribution in [0.15, 0.2) is 48.5 Å².